The van der Waals surface area contributed by atoms with E-state index in [1.54, 1.807) is 33.2 Å². The second-order valence-electron chi connectivity index (χ2n) is 4.30. The molecule has 0 bridgehead atoms. The number of carbonyl (C=O) groups excluding carboxylic acids is 1. The van der Waals surface area contributed by atoms with Gasteiger partial charge in [0, 0.05) is 0 Å². The maximum atomic E-state index is 11.9. The lowest BCUT2D eigenvalue weighted by atomic mass is 10.2. The Kier molecular flexibility index (Phi) is 4.20. The number of nitrogens with one attached hydrogen (secondary N) is 1. The van der Waals surface area contributed by atoms with Gasteiger partial charge in [-0.25, -0.2) is 5.43 Å². The maximum Gasteiger partial charge on any atom is 0.274 e. The fraction of sp³-hybridized carbons (Fsp3) is 0.200. The number of aryl methyl sites for hydroxylation is 2. The molecule has 0 atom stereocenters. The van der Waals surface area contributed by atoms with Crippen LogP contribution in [0.3, 0.4) is 0 Å². The van der Waals surface area contributed by atoms with Crippen LogP contribution < -0.4 is 10.2 Å². The molecule has 20 heavy (non-hydrogen) atoms. The third-order valence-corrected chi connectivity index (χ3v) is 2.78. The lowest BCUT2D eigenvalue weighted by Gasteiger charge is -1.99. The average molecular weight is 272 g/mol. The molecule has 1 aromatic carbocycles. The van der Waals surface area contributed by atoms with E-state index < -0.39 is 0 Å². The summed E-state index contributed by atoms with van der Waals surface area (Å²) in [6.45, 7) is 3.54. The van der Waals surface area contributed by atoms with Crippen LogP contribution in [0, 0.1) is 13.8 Å². The zero-order valence-corrected chi connectivity index (χ0v) is 11.6. The van der Waals surface area contributed by atoms with Crippen LogP contribution in [0.4, 0.5) is 0 Å². The van der Waals surface area contributed by atoms with Crippen molar-refractivity contribution in [1.29, 1.82) is 0 Å². The summed E-state index contributed by atoms with van der Waals surface area (Å²) in [5, 5.41) is 3.92. The minimum atomic E-state index is -0.288. The van der Waals surface area contributed by atoms with Crippen LogP contribution >= 0.6 is 0 Å². The molecule has 0 aliphatic heterocycles. The molecular formula is C15H16N2O3. The zero-order chi connectivity index (χ0) is 14.5. The smallest absolute Gasteiger partial charge is 0.274 e. The molecule has 104 valence electrons. The maximum absolute atomic E-state index is 11.9. The van der Waals surface area contributed by atoms with Crippen LogP contribution in [-0.4, -0.2) is 19.2 Å². The monoisotopic (exact) mass is 272 g/mol. The first-order valence-corrected chi connectivity index (χ1v) is 6.14. The molecule has 0 aliphatic carbocycles. The number of hydrazone groups is 1. The number of methoxy groups -OCH3 is 1. The molecule has 1 aromatic heterocycles. The van der Waals surface area contributed by atoms with Crippen LogP contribution in [-0.2, 0) is 0 Å². The van der Waals surface area contributed by atoms with Gasteiger partial charge in [-0.3, -0.25) is 4.79 Å². The Bertz CT molecular complexity index is 627. The molecule has 0 saturated carbocycles. The summed E-state index contributed by atoms with van der Waals surface area (Å²) in [4.78, 5) is 11.9. The summed E-state index contributed by atoms with van der Waals surface area (Å²) in [6.07, 6.45) is 1.57. The predicted molar refractivity (Wildman–Crippen MR) is 76.2 cm³/mol. The molecule has 0 aliphatic rings. The quantitative estimate of drug-likeness (QED) is 0.687. The Morgan fingerprint density at radius 2 is 2.00 bits per heavy atom. The van der Waals surface area contributed by atoms with Gasteiger partial charge in [0.2, 0.25) is 0 Å². The zero-order valence-electron chi connectivity index (χ0n) is 11.6. The highest BCUT2D eigenvalue weighted by Gasteiger charge is 2.12. The van der Waals surface area contributed by atoms with Gasteiger partial charge in [0.1, 0.15) is 17.3 Å². The highest BCUT2D eigenvalue weighted by Crippen LogP contribution is 2.13. The minimum absolute atomic E-state index is 0.288. The van der Waals surface area contributed by atoms with E-state index in [0.29, 0.717) is 17.1 Å². The molecule has 1 heterocycles. The molecule has 0 radical (unpaired) electrons. The minimum Gasteiger partial charge on any atom is -0.497 e. The molecular weight excluding hydrogens is 256 g/mol. The van der Waals surface area contributed by atoms with Crippen molar-refractivity contribution in [2.45, 2.75) is 13.8 Å². The molecule has 0 unspecified atom stereocenters. The van der Waals surface area contributed by atoms with E-state index in [9.17, 15) is 4.79 Å². The van der Waals surface area contributed by atoms with Crippen molar-refractivity contribution < 1.29 is 13.9 Å². The standard InChI is InChI=1S/C15H16N2O3/c1-10-8-14(11(2)20-10)15(18)17-16-9-12-4-6-13(19-3)7-5-12/h4-9H,1-3H3,(H,17,18)/b16-9+. The molecule has 5 heteroatoms. The van der Waals surface area contributed by atoms with Gasteiger partial charge in [-0.1, -0.05) is 0 Å². The Morgan fingerprint density at radius 3 is 2.55 bits per heavy atom. The highest BCUT2D eigenvalue weighted by atomic mass is 16.5. The Morgan fingerprint density at radius 1 is 1.30 bits per heavy atom. The Balaban J connectivity index is 1.98. The van der Waals surface area contributed by atoms with E-state index in [0.717, 1.165) is 11.3 Å². The van der Waals surface area contributed by atoms with E-state index in [1.807, 2.05) is 24.3 Å². The van der Waals surface area contributed by atoms with Crippen molar-refractivity contribution in [1.82, 2.24) is 5.43 Å². The van der Waals surface area contributed by atoms with Crippen LogP contribution in [0.25, 0.3) is 0 Å². The molecule has 0 saturated heterocycles. The number of hydrogen-bond donors (Lipinski definition) is 1. The second-order valence-corrected chi connectivity index (χ2v) is 4.30. The summed E-state index contributed by atoms with van der Waals surface area (Å²) in [5.41, 5.74) is 3.83. The Hall–Kier alpha value is -2.56. The topological polar surface area (TPSA) is 63.8 Å². The molecule has 0 spiro atoms. The third kappa shape index (κ3) is 3.26. The highest BCUT2D eigenvalue weighted by molar-refractivity contribution is 5.95. The van der Waals surface area contributed by atoms with Crippen molar-refractivity contribution in [3.63, 3.8) is 0 Å². The summed E-state index contributed by atoms with van der Waals surface area (Å²) < 4.78 is 10.4. The number of rotatable bonds is 4. The van der Waals surface area contributed by atoms with Crippen molar-refractivity contribution in [3.8, 4) is 5.75 Å². The van der Waals surface area contributed by atoms with Gasteiger partial charge < -0.3 is 9.15 Å². The predicted octanol–water partition coefficient (Wildman–Crippen LogP) is 2.67. The molecule has 2 aromatic rings. The van der Waals surface area contributed by atoms with Gasteiger partial charge in [-0.15, -0.1) is 0 Å². The Labute approximate surface area is 117 Å². The number of benzene rings is 1. The van der Waals surface area contributed by atoms with E-state index in [1.165, 1.54) is 0 Å². The fourth-order valence-electron chi connectivity index (χ4n) is 1.77. The lowest BCUT2D eigenvalue weighted by molar-refractivity contribution is 0.0953. The molecule has 0 fully saturated rings. The molecule has 5 nitrogen and oxygen atoms in total. The number of furan rings is 1. The van der Waals surface area contributed by atoms with Crippen molar-refractivity contribution in [2.75, 3.05) is 7.11 Å². The number of hydrogen-bond acceptors (Lipinski definition) is 4. The van der Waals surface area contributed by atoms with Gasteiger partial charge in [0.25, 0.3) is 5.91 Å². The van der Waals surface area contributed by atoms with Gasteiger partial charge in [-0.2, -0.15) is 5.10 Å². The largest absolute Gasteiger partial charge is 0.497 e. The van der Waals surface area contributed by atoms with Crippen molar-refractivity contribution in [2.24, 2.45) is 5.10 Å². The number of ether oxygens (including phenoxy) is 1. The number of carbonyl (C=O) groups is 1. The van der Waals surface area contributed by atoms with Crippen molar-refractivity contribution in [3.05, 3.63) is 53.0 Å². The van der Waals surface area contributed by atoms with Gasteiger partial charge in [0.15, 0.2) is 0 Å². The van der Waals surface area contributed by atoms with E-state index in [2.05, 4.69) is 10.5 Å². The first kappa shape index (κ1) is 13.9. The first-order chi connectivity index (χ1) is 9.60. The van der Waals surface area contributed by atoms with Gasteiger partial charge >= 0.3 is 0 Å². The van der Waals surface area contributed by atoms with Gasteiger partial charge in [-0.05, 0) is 49.7 Å². The molecule has 1 amide bonds. The van der Waals surface area contributed by atoms with Crippen LogP contribution in [0.15, 0.2) is 39.9 Å². The summed E-state index contributed by atoms with van der Waals surface area (Å²) in [6, 6.07) is 9.04. The van der Waals surface area contributed by atoms with E-state index in [-0.39, 0.29) is 5.91 Å². The lowest BCUT2D eigenvalue weighted by Crippen LogP contribution is -2.17. The number of nitrogens with zero attached hydrogens (tertiary/aromatic N) is 1. The second kappa shape index (κ2) is 6.06. The summed E-state index contributed by atoms with van der Waals surface area (Å²) >= 11 is 0. The number of amides is 1. The fourth-order valence-corrected chi connectivity index (χ4v) is 1.77. The van der Waals surface area contributed by atoms with Crippen LogP contribution in [0.2, 0.25) is 0 Å². The van der Waals surface area contributed by atoms with Crippen molar-refractivity contribution >= 4 is 12.1 Å². The first-order valence-electron chi connectivity index (χ1n) is 6.14. The summed E-state index contributed by atoms with van der Waals surface area (Å²) in [7, 11) is 1.61. The van der Waals surface area contributed by atoms with Crippen LogP contribution in [0.5, 0.6) is 5.75 Å². The van der Waals surface area contributed by atoms with E-state index >= 15 is 0 Å². The third-order valence-electron chi connectivity index (χ3n) is 2.78. The van der Waals surface area contributed by atoms with Crippen LogP contribution in [0.1, 0.15) is 27.4 Å². The van der Waals surface area contributed by atoms with Gasteiger partial charge in [0.05, 0.1) is 18.9 Å². The molecule has 1 N–H and O–H groups in total. The molecule has 2 rings (SSSR count). The normalized spacial score (nSPS) is 10.8. The summed E-state index contributed by atoms with van der Waals surface area (Å²) in [5.74, 6) is 1.77. The van der Waals surface area contributed by atoms with E-state index in [4.69, 9.17) is 9.15 Å². The SMILES string of the molecule is COc1ccc(/C=N/NC(=O)c2cc(C)oc2C)cc1. The average Bonchev–Trinajstić information content (AvgIpc) is 2.78.